The minimum atomic E-state index is -0.438. The van der Waals surface area contributed by atoms with Crippen LogP contribution >= 0.6 is 15.9 Å². The number of nitrogens with two attached hydrogens (primary N) is 1. The zero-order chi connectivity index (χ0) is 13.4. The second-order valence-electron chi connectivity index (χ2n) is 4.71. The molecule has 0 radical (unpaired) electrons. The van der Waals surface area contributed by atoms with E-state index in [2.05, 4.69) is 25.5 Å². The average molecular weight is 320 g/mol. The van der Waals surface area contributed by atoms with E-state index in [0.717, 1.165) is 47.4 Å². The number of benzene rings is 1. The van der Waals surface area contributed by atoms with Crippen LogP contribution in [0.1, 0.15) is 29.0 Å². The Bertz CT molecular complexity index is 648. The second kappa shape index (κ2) is 4.81. The van der Waals surface area contributed by atoms with Gasteiger partial charge < -0.3 is 10.3 Å². The first-order valence-corrected chi connectivity index (χ1v) is 7.11. The van der Waals surface area contributed by atoms with Gasteiger partial charge in [0.1, 0.15) is 11.5 Å². The fraction of sp³-hybridized carbons (Fsp3) is 0.286. The van der Waals surface area contributed by atoms with Crippen LogP contribution in [0, 0.1) is 0 Å². The van der Waals surface area contributed by atoms with Crippen molar-refractivity contribution in [1.82, 2.24) is 9.55 Å². The summed E-state index contributed by atoms with van der Waals surface area (Å²) in [6, 6.07) is 7.95. The number of imidazole rings is 1. The van der Waals surface area contributed by atoms with Gasteiger partial charge in [-0.3, -0.25) is 4.79 Å². The van der Waals surface area contributed by atoms with E-state index in [1.807, 2.05) is 24.3 Å². The van der Waals surface area contributed by atoms with Crippen LogP contribution in [-0.4, -0.2) is 15.5 Å². The van der Waals surface area contributed by atoms with E-state index in [4.69, 9.17) is 5.73 Å². The number of amides is 1. The molecule has 0 unspecified atom stereocenters. The molecule has 2 N–H and O–H groups in total. The molecule has 4 nitrogen and oxygen atoms in total. The molecule has 0 aliphatic carbocycles. The molecule has 0 spiro atoms. The molecule has 0 fully saturated rings. The lowest BCUT2D eigenvalue weighted by molar-refractivity contribution is 0.0994. The van der Waals surface area contributed by atoms with Gasteiger partial charge in [-0.25, -0.2) is 4.98 Å². The molecule has 5 heteroatoms. The first-order chi connectivity index (χ1) is 9.16. The number of hydrogen-bond acceptors (Lipinski definition) is 2. The van der Waals surface area contributed by atoms with E-state index in [1.54, 1.807) is 0 Å². The monoisotopic (exact) mass is 319 g/mol. The molecule has 2 aromatic rings. The van der Waals surface area contributed by atoms with Crippen molar-refractivity contribution in [2.45, 2.75) is 25.8 Å². The van der Waals surface area contributed by atoms with Crippen molar-refractivity contribution >= 4 is 21.8 Å². The van der Waals surface area contributed by atoms with Crippen LogP contribution in [0.2, 0.25) is 0 Å². The molecule has 98 valence electrons. The summed E-state index contributed by atoms with van der Waals surface area (Å²) >= 11 is 3.46. The molecule has 0 atom stereocenters. The van der Waals surface area contributed by atoms with Crippen LogP contribution < -0.4 is 5.73 Å². The first-order valence-electron chi connectivity index (χ1n) is 6.32. The molecule has 1 aromatic heterocycles. The van der Waals surface area contributed by atoms with Crippen LogP contribution in [0.5, 0.6) is 0 Å². The highest BCUT2D eigenvalue weighted by atomic mass is 79.9. The molecular weight excluding hydrogens is 306 g/mol. The molecule has 0 saturated heterocycles. The Kier molecular flexibility index (Phi) is 3.14. The van der Waals surface area contributed by atoms with E-state index >= 15 is 0 Å². The van der Waals surface area contributed by atoms with Crippen molar-refractivity contribution in [2.24, 2.45) is 5.73 Å². The van der Waals surface area contributed by atoms with Crippen LogP contribution in [-0.2, 0) is 13.0 Å². The minimum absolute atomic E-state index is 0.426. The highest BCUT2D eigenvalue weighted by Gasteiger charge is 2.23. The fourth-order valence-electron chi connectivity index (χ4n) is 2.59. The van der Waals surface area contributed by atoms with Crippen molar-refractivity contribution in [1.29, 1.82) is 0 Å². The SMILES string of the molecule is NC(=O)c1nc(-c2cccc(Br)c2)n2c1CCCC2. The lowest BCUT2D eigenvalue weighted by Gasteiger charge is -2.17. The standard InChI is InChI=1S/C14H14BrN3O/c15-10-5-3-4-9(8-10)14-17-12(13(16)19)11-6-1-2-7-18(11)14/h3-5,8H,1-2,6-7H2,(H2,16,19). The average Bonchev–Trinajstić information content (AvgIpc) is 2.78. The van der Waals surface area contributed by atoms with E-state index in [9.17, 15) is 4.79 Å². The number of nitrogens with zero attached hydrogens (tertiary/aromatic N) is 2. The van der Waals surface area contributed by atoms with Crippen LogP contribution in [0.25, 0.3) is 11.4 Å². The molecule has 0 bridgehead atoms. The number of halogens is 1. The van der Waals surface area contributed by atoms with Crippen LogP contribution in [0.4, 0.5) is 0 Å². The van der Waals surface area contributed by atoms with Gasteiger partial charge >= 0.3 is 0 Å². The van der Waals surface area contributed by atoms with Gasteiger partial charge in [0.05, 0.1) is 5.69 Å². The number of rotatable bonds is 2. The van der Waals surface area contributed by atoms with Crippen LogP contribution in [0.3, 0.4) is 0 Å². The van der Waals surface area contributed by atoms with Gasteiger partial charge in [0.2, 0.25) is 0 Å². The number of carbonyl (C=O) groups excluding carboxylic acids is 1. The summed E-state index contributed by atoms with van der Waals surface area (Å²) in [4.78, 5) is 16.0. The van der Waals surface area contributed by atoms with E-state index in [0.29, 0.717) is 5.69 Å². The summed E-state index contributed by atoms with van der Waals surface area (Å²) in [5, 5.41) is 0. The quantitative estimate of drug-likeness (QED) is 0.925. The van der Waals surface area contributed by atoms with Crippen molar-refractivity contribution in [3.63, 3.8) is 0 Å². The summed E-state index contributed by atoms with van der Waals surface area (Å²) in [6.45, 7) is 0.900. The minimum Gasteiger partial charge on any atom is -0.364 e. The molecule has 1 aromatic carbocycles. The maximum atomic E-state index is 11.5. The molecule has 2 heterocycles. The number of primary amides is 1. The zero-order valence-corrected chi connectivity index (χ0v) is 12.0. The van der Waals surface area contributed by atoms with Crippen molar-refractivity contribution in [2.75, 3.05) is 0 Å². The maximum Gasteiger partial charge on any atom is 0.269 e. The number of fused-ring (bicyclic) bond motifs is 1. The summed E-state index contributed by atoms with van der Waals surface area (Å²) in [6.07, 6.45) is 3.08. The summed E-state index contributed by atoms with van der Waals surface area (Å²) in [7, 11) is 0. The Hall–Kier alpha value is -1.62. The molecular formula is C14H14BrN3O. The predicted molar refractivity (Wildman–Crippen MR) is 76.8 cm³/mol. The lowest BCUT2D eigenvalue weighted by Crippen LogP contribution is -2.17. The molecule has 1 amide bonds. The zero-order valence-electron chi connectivity index (χ0n) is 10.4. The van der Waals surface area contributed by atoms with Crippen molar-refractivity contribution in [3.8, 4) is 11.4 Å². The number of hydrogen-bond donors (Lipinski definition) is 1. The summed E-state index contributed by atoms with van der Waals surface area (Å²) in [5.74, 6) is 0.400. The Morgan fingerprint density at radius 1 is 1.37 bits per heavy atom. The highest BCUT2D eigenvalue weighted by molar-refractivity contribution is 9.10. The molecule has 0 saturated carbocycles. The Labute approximate surface area is 119 Å². The van der Waals surface area contributed by atoms with Gasteiger partial charge in [-0.1, -0.05) is 28.1 Å². The van der Waals surface area contributed by atoms with Crippen molar-refractivity contribution in [3.05, 3.63) is 40.1 Å². The third-order valence-corrected chi connectivity index (χ3v) is 3.93. The topological polar surface area (TPSA) is 60.9 Å². The number of aromatic nitrogens is 2. The van der Waals surface area contributed by atoms with Crippen LogP contribution in [0.15, 0.2) is 28.7 Å². The van der Waals surface area contributed by atoms with E-state index < -0.39 is 5.91 Å². The first kappa shape index (κ1) is 12.4. The largest absolute Gasteiger partial charge is 0.364 e. The Morgan fingerprint density at radius 3 is 2.95 bits per heavy atom. The van der Waals surface area contributed by atoms with E-state index in [1.165, 1.54) is 0 Å². The molecule has 1 aliphatic rings. The fourth-order valence-corrected chi connectivity index (χ4v) is 2.99. The third-order valence-electron chi connectivity index (χ3n) is 3.43. The lowest BCUT2D eigenvalue weighted by atomic mass is 10.1. The highest BCUT2D eigenvalue weighted by Crippen LogP contribution is 2.28. The summed E-state index contributed by atoms with van der Waals surface area (Å²) in [5.41, 5.74) is 7.85. The second-order valence-corrected chi connectivity index (χ2v) is 5.63. The van der Waals surface area contributed by atoms with Gasteiger partial charge in [0.15, 0.2) is 0 Å². The smallest absolute Gasteiger partial charge is 0.269 e. The Morgan fingerprint density at radius 2 is 2.21 bits per heavy atom. The van der Waals surface area contributed by atoms with Gasteiger partial charge in [-0.15, -0.1) is 0 Å². The molecule has 3 rings (SSSR count). The van der Waals surface area contributed by atoms with Crippen molar-refractivity contribution < 1.29 is 4.79 Å². The molecule has 1 aliphatic heterocycles. The van der Waals surface area contributed by atoms with Gasteiger partial charge in [0, 0.05) is 16.6 Å². The summed E-state index contributed by atoms with van der Waals surface area (Å²) < 4.78 is 3.13. The number of carbonyl (C=O) groups is 1. The van der Waals surface area contributed by atoms with Gasteiger partial charge in [-0.2, -0.15) is 0 Å². The van der Waals surface area contributed by atoms with Gasteiger partial charge in [0.25, 0.3) is 5.91 Å². The maximum absolute atomic E-state index is 11.5. The Balaban J connectivity index is 2.19. The van der Waals surface area contributed by atoms with E-state index in [-0.39, 0.29) is 0 Å². The third kappa shape index (κ3) is 2.18. The molecule has 19 heavy (non-hydrogen) atoms. The van der Waals surface area contributed by atoms with Gasteiger partial charge in [-0.05, 0) is 31.4 Å². The normalized spacial score (nSPS) is 14.2. The predicted octanol–water partition coefficient (Wildman–Crippen LogP) is 2.75.